The number of H-pyrrole nitrogens is 1. The van der Waals surface area contributed by atoms with Gasteiger partial charge in [0.15, 0.2) is 0 Å². The van der Waals surface area contributed by atoms with Gasteiger partial charge in [0, 0.05) is 37.3 Å². The number of carbonyl (C=O) groups is 1. The van der Waals surface area contributed by atoms with Gasteiger partial charge in [0.05, 0.1) is 17.4 Å². The van der Waals surface area contributed by atoms with Gasteiger partial charge < -0.3 is 14.6 Å². The minimum absolute atomic E-state index is 0.152. The van der Waals surface area contributed by atoms with Gasteiger partial charge in [-0.05, 0) is 72.9 Å². The summed E-state index contributed by atoms with van der Waals surface area (Å²) in [4.78, 5) is 23.0. The molecule has 6 rings (SSSR count). The first-order valence-corrected chi connectivity index (χ1v) is 11.2. The maximum atomic E-state index is 13.5. The third-order valence-electron chi connectivity index (χ3n) is 7.40. The third-order valence-corrected chi connectivity index (χ3v) is 7.40. The summed E-state index contributed by atoms with van der Waals surface area (Å²) in [6.07, 6.45) is 7.14. The zero-order valence-corrected chi connectivity index (χ0v) is 17.1. The molecule has 0 saturated carbocycles. The Morgan fingerprint density at radius 2 is 2.00 bits per heavy atom. The summed E-state index contributed by atoms with van der Waals surface area (Å²) in [6, 6.07) is 13.2. The molecule has 154 valence electrons. The topological polar surface area (TPSA) is 58.2 Å². The number of amides is 1. The molecule has 1 N–H and O–H groups in total. The Morgan fingerprint density at radius 3 is 2.90 bits per heavy atom. The zero-order chi connectivity index (χ0) is 20.1. The second-order valence-electron chi connectivity index (χ2n) is 9.00. The van der Waals surface area contributed by atoms with E-state index in [1.54, 1.807) is 6.33 Å². The second kappa shape index (κ2) is 7.24. The molecule has 0 radical (unpaired) electrons. The van der Waals surface area contributed by atoms with Crippen LogP contribution in [0.2, 0.25) is 0 Å². The molecule has 2 atom stereocenters. The first kappa shape index (κ1) is 18.1. The Morgan fingerprint density at radius 1 is 1.10 bits per heavy atom. The fourth-order valence-electron chi connectivity index (χ4n) is 5.81. The lowest BCUT2D eigenvalue weighted by atomic mass is 9.85. The molecule has 2 aromatic carbocycles. The number of piperidine rings is 1. The molecule has 1 aromatic heterocycles. The zero-order valence-electron chi connectivity index (χ0n) is 17.1. The molecule has 1 amide bonds. The van der Waals surface area contributed by atoms with Gasteiger partial charge in [-0.15, -0.1) is 0 Å². The van der Waals surface area contributed by atoms with Crippen molar-refractivity contribution in [3.05, 3.63) is 65.0 Å². The highest BCUT2D eigenvalue weighted by Crippen LogP contribution is 2.44. The van der Waals surface area contributed by atoms with Crippen molar-refractivity contribution in [2.24, 2.45) is 0 Å². The maximum absolute atomic E-state index is 13.5. The molecule has 0 spiro atoms. The Balaban J connectivity index is 1.28. The van der Waals surface area contributed by atoms with Gasteiger partial charge in [-0.2, -0.15) is 0 Å². The fraction of sp³-hybridized carbons (Fsp3) is 0.440. The van der Waals surface area contributed by atoms with Crippen LogP contribution < -0.4 is 0 Å². The highest BCUT2D eigenvalue weighted by Gasteiger charge is 2.41. The second-order valence-corrected chi connectivity index (χ2v) is 9.00. The first-order chi connectivity index (χ1) is 14.8. The first-order valence-electron chi connectivity index (χ1n) is 11.2. The van der Waals surface area contributed by atoms with Crippen molar-refractivity contribution in [1.29, 1.82) is 0 Å². The van der Waals surface area contributed by atoms with E-state index in [4.69, 9.17) is 4.74 Å². The highest BCUT2D eigenvalue weighted by molar-refractivity contribution is 5.97. The minimum atomic E-state index is 0.152. The molecule has 0 bridgehead atoms. The number of hydrogen-bond acceptors (Lipinski definition) is 3. The number of nitrogens with one attached hydrogen (secondary N) is 1. The predicted molar refractivity (Wildman–Crippen MR) is 116 cm³/mol. The number of carbonyl (C=O) groups excluding carboxylic acids is 1. The molecule has 1 aliphatic carbocycles. The average Bonchev–Trinajstić information content (AvgIpc) is 3.42. The summed E-state index contributed by atoms with van der Waals surface area (Å²) in [5, 5.41) is 0. The summed E-state index contributed by atoms with van der Waals surface area (Å²) in [7, 11) is 0. The summed E-state index contributed by atoms with van der Waals surface area (Å²) < 4.78 is 5.55. The van der Waals surface area contributed by atoms with Gasteiger partial charge in [-0.1, -0.05) is 18.2 Å². The van der Waals surface area contributed by atoms with Crippen LogP contribution in [0.1, 0.15) is 64.6 Å². The summed E-state index contributed by atoms with van der Waals surface area (Å²) in [5.41, 5.74) is 6.97. The van der Waals surface area contributed by atoms with Gasteiger partial charge in [-0.25, -0.2) is 4.98 Å². The summed E-state index contributed by atoms with van der Waals surface area (Å²) >= 11 is 0. The molecule has 30 heavy (non-hydrogen) atoms. The van der Waals surface area contributed by atoms with E-state index in [9.17, 15) is 4.79 Å². The van der Waals surface area contributed by atoms with Crippen LogP contribution in [-0.2, 0) is 11.2 Å². The number of benzene rings is 2. The number of hydrogen-bond donors (Lipinski definition) is 1. The lowest BCUT2D eigenvalue weighted by Crippen LogP contribution is -2.46. The van der Waals surface area contributed by atoms with Gasteiger partial charge in [0.25, 0.3) is 5.91 Å². The van der Waals surface area contributed by atoms with E-state index in [-0.39, 0.29) is 11.9 Å². The normalized spacial score (nSPS) is 24.1. The largest absolute Gasteiger partial charge is 0.381 e. The molecule has 5 heteroatoms. The molecule has 2 fully saturated rings. The number of aromatic amines is 1. The van der Waals surface area contributed by atoms with Crippen LogP contribution in [-0.4, -0.2) is 46.6 Å². The van der Waals surface area contributed by atoms with Gasteiger partial charge in [-0.3, -0.25) is 4.79 Å². The number of imidazole rings is 1. The van der Waals surface area contributed by atoms with Crippen LogP contribution in [0.15, 0.2) is 42.7 Å². The van der Waals surface area contributed by atoms with Crippen LogP contribution in [0.25, 0.3) is 11.0 Å². The van der Waals surface area contributed by atoms with Gasteiger partial charge >= 0.3 is 0 Å². The molecule has 1 unspecified atom stereocenters. The quantitative estimate of drug-likeness (QED) is 0.692. The van der Waals surface area contributed by atoms with E-state index in [0.29, 0.717) is 11.8 Å². The van der Waals surface area contributed by atoms with Crippen LogP contribution in [0, 0.1) is 0 Å². The molecule has 3 heterocycles. The highest BCUT2D eigenvalue weighted by atomic mass is 16.5. The molecule has 3 aliphatic rings. The van der Waals surface area contributed by atoms with Crippen molar-refractivity contribution >= 4 is 16.9 Å². The van der Waals surface area contributed by atoms with Crippen molar-refractivity contribution in [2.75, 3.05) is 19.8 Å². The van der Waals surface area contributed by atoms with Crippen molar-refractivity contribution in [1.82, 2.24) is 14.9 Å². The summed E-state index contributed by atoms with van der Waals surface area (Å²) in [5.74, 6) is 1.23. The third kappa shape index (κ3) is 2.95. The number of fused-ring (bicyclic) bond motifs is 4. The summed E-state index contributed by atoms with van der Waals surface area (Å²) in [6.45, 7) is 2.59. The van der Waals surface area contributed by atoms with Gasteiger partial charge in [0.1, 0.15) is 0 Å². The Kier molecular flexibility index (Phi) is 4.38. The minimum Gasteiger partial charge on any atom is -0.381 e. The standard InChI is InChI=1S/C25H27N3O2/c29-25(19-5-6-22-23(13-19)27-15-26-22)28-9-1-2-20-21-12-17(16-7-10-30-11-8-16)3-4-18(21)14-24(20)28/h3-6,12-13,15-16,20,24H,1-2,7-11,14H2,(H,26,27)/t20?,24-/m0/s1. The number of aromatic nitrogens is 2. The van der Waals surface area contributed by atoms with Crippen molar-refractivity contribution in [2.45, 2.75) is 50.0 Å². The maximum Gasteiger partial charge on any atom is 0.254 e. The van der Waals surface area contributed by atoms with Gasteiger partial charge in [0.2, 0.25) is 0 Å². The Labute approximate surface area is 176 Å². The SMILES string of the molecule is O=C(c1ccc2nc[nH]c2c1)N1CCCC2c3cc(C4CCOCC4)ccc3C[C@@H]21. The lowest BCUT2D eigenvalue weighted by Gasteiger charge is -2.38. The van der Waals surface area contributed by atoms with E-state index in [0.717, 1.165) is 62.0 Å². The monoisotopic (exact) mass is 401 g/mol. The molecule has 3 aromatic rings. The van der Waals surface area contributed by atoms with Crippen LogP contribution >= 0.6 is 0 Å². The van der Waals surface area contributed by atoms with E-state index in [1.165, 1.54) is 23.1 Å². The van der Waals surface area contributed by atoms with E-state index < -0.39 is 0 Å². The van der Waals surface area contributed by atoms with Crippen molar-refractivity contribution < 1.29 is 9.53 Å². The number of rotatable bonds is 2. The number of likely N-dealkylation sites (tertiary alicyclic amines) is 1. The van der Waals surface area contributed by atoms with Crippen LogP contribution in [0.5, 0.6) is 0 Å². The predicted octanol–water partition coefficient (Wildman–Crippen LogP) is 4.40. The molecule has 2 saturated heterocycles. The number of ether oxygens (including phenoxy) is 1. The molecular formula is C25H27N3O2. The Hall–Kier alpha value is -2.66. The van der Waals surface area contributed by atoms with Crippen molar-refractivity contribution in [3.8, 4) is 0 Å². The van der Waals surface area contributed by atoms with E-state index in [1.807, 2.05) is 18.2 Å². The van der Waals surface area contributed by atoms with E-state index in [2.05, 4.69) is 33.1 Å². The molecular weight excluding hydrogens is 374 g/mol. The Bertz CT molecular complexity index is 1100. The number of nitrogens with zero attached hydrogens (tertiary/aromatic N) is 2. The van der Waals surface area contributed by atoms with Crippen LogP contribution in [0.3, 0.4) is 0 Å². The lowest BCUT2D eigenvalue weighted by molar-refractivity contribution is 0.0595. The van der Waals surface area contributed by atoms with Crippen molar-refractivity contribution in [3.63, 3.8) is 0 Å². The fourth-order valence-corrected chi connectivity index (χ4v) is 5.81. The average molecular weight is 402 g/mol. The molecule has 5 nitrogen and oxygen atoms in total. The molecule has 2 aliphatic heterocycles. The van der Waals surface area contributed by atoms with Crippen LogP contribution in [0.4, 0.5) is 0 Å². The van der Waals surface area contributed by atoms with E-state index >= 15 is 0 Å². The smallest absolute Gasteiger partial charge is 0.254 e.